The van der Waals surface area contributed by atoms with Gasteiger partial charge in [0.2, 0.25) is 5.91 Å². The molecule has 1 aliphatic carbocycles. The van der Waals surface area contributed by atoms with E-state index >= 15 is 0 Å². The zero-order valence-electron chi connectivity index (χ0n) is 15.3. The van der Waals surface area contributed by atoms with Crippen molar-refractivity contribution in [2.24, 2.45) is 5.92 Å². The summed E-state index contributed by atoms with van der Waals surface area (Å²) in [6.07, 6.45) is 6.99. The SMILES string of the molecule is O=C(COC(=O)C1CCN(c2ccccc2Br)C1=O)NC1CCCCCC1. The monoisotopic (exact) mass is 436 g/mol. The minimum atomic E-state index is -0.845. The molecule has 0 aromatic heterocycles. The summed E-state index contributed by atoms with van der Waals surface area (Å²) in [6, 6.07) is 7.56. The number of benzene rings is 1. The molecule has 0 spiro atoms. The predicted octanol–water partition coefficient (Wildman–Crippen LogP) is 3.18. The molecule has 7 heteroatoms. The first-order valence-corrected chi connectivity index (χ1v) is 10.4. The molecule has 1 atom stereocenters. The average molecular weight is 437 g/mol. The molecule has 1 saturated carbocycles. The van der Waals surface area contributed by atoms with Crippen molar-refractivity contribution in [2.45, 2.75) is 51.0 Å². The van der Waals surface area contributed by atoms with E-state index < -0.39 is 11.9 Å². The van der Waals surface area contributed by atoms with Crippen LogP contribution in [0.15, 0.2) is 28.7 Å². The van der Waals surface area contributed by atoms with Gasteiger partial charge in [0.05, 0.1) is 5.69 Å². The summed E-state index contributed by atoms with van der Waals surface area (Å²) in [5, 5.41) is 2.94. The quantitative estimate of drug-likeness (QED) is 0.436. The third-order valence-corrected chi connectivity index (χ3v) is 5.87. The molecule has 1 unspecified atom stereocenters. The maximum Gasteiger partial charge on any atom is 0.319 e. The molecule has 1 aromatic rings. The Bertz CT molecular complexity index is 701. The number of amides is 2. The van der Waals surface area contributed by atoms with Gasteiger partial charge in [-0.3, -0.25) is 14.4 Å². The van der Waals surface area contributed by atoms with Crippen molar-refractivity contribution in [1.29, 1.82) is 0 Å². The number of para-hydroxylation sites is 1. The molecule has 27 heavy (non-hydrogen) atoms. The van der Waals surface area contributed by atoms with Crippen LogP contribution < -0.4 is 10.2 Å². The molecule has 2 aliphatic rings. The predicted molar refractivity (Wildman–Crippen MR) is 105 cm³/mol. The number of nitrogens with zero attached hydrogens (tertiary/aromatic N) is 1. The van der Waals surface area contributed by atoms with Crippen LogP contribution in [0.5, 0.6) is 0 Å². The first-order valence-electron chi connectivity index (χ1n) is 9.58. The third kappa shape index (κ3) is 5.09. The highest BCUT2D eigenvalue weighted by Gasteiger charge is 2.39. The van der Waals surface area contributed by atoms with Crippen molar-refractivity contribution in [2.75, 3.05) is 18.1 Å². The molecular formula is C20H25BrN2O4. The molecule has 3 rings (SSSR count). The van der Waals surface area contributed by atoms with Gasteiger partial charge in [-0.25, -0.2) is 0 Å². The van der Waals surface area contributed by atoms with Gasteiger partial charge in [-0.1, -0.05) is 37.8 Å². The van der Waals surface area contributed by atoms with Gasteiger partial charge in [0.1, 0.15) is 5.92 Å². The van der Waals surface area contributed by atoms with Crippen LogP contribution in [0.1, 0.15) is 44.9 Å². The minimum Gasteiger partial charge on any atom is -0.455 e. The Labute approximate surface area is 167 Å². The lowest BCUT2D eigenvalue weighted by Gasteiger charge is -2.18. The molecule has 1 heterocycles. The van der Waals surface area contributed by atoms with Gasteiger partial charge in [0.15, 0.2) is 6.61 Å². The van der Waals surface area contributed by atoms with Crippen molar-refractivity contribution < 1.29 is 19.1 Å². The van der Waals surface area contributed by atoms with Crippen LogP contribution in [0, 0.1) is 5.92 Å². The number of nitrogens with one attached hydrogen (secondary N) is 1. The Hall–Kier alpha value is -1.89. The van der Waals surface area contributed by atoms with Crippen LogP contribution in [0.3, 0.4) is 0 Å². The number of hydrogen-bond acceptors (Lipinski definition) is 4. The molecule has 1 saturated heterocycles. The van der Waals surface area contributed by atoms with Crippen molar-refractivity contribution in [3.05, 3.63) is 28.7 Å². The van der Waals surface area contributed by atoms with Gasteiger partial charge in [0, 0.05) is 17.1 Å². The number of esters is 1. The van der Waals surface area contributed by atoms with E-state index in [1.54, 1.807) is 4.90 Å². The smallest absolute Gasteiger partial charge is 0.319 e. The summed E-state index contributed by atoms with van der Waals surface area (Å²) in [6.45, 7) is 0.129. The largest absolute Gasteiger partial charge is 0.455 e. The van der Waals surface area contributed by atoms with E-state index in [2.05, 4.69) is 21.2 Å². The second-order valence-corrected chi connectivity index (χ2v) is 8.00. The highest BCUT2D eigenvalue weighted by atomic mass is 79.9. The summed E-state index contributed by atoms with van der Waals surface area (Å²) in [5.74, 6) is -2.03. The maximum absolute atomic E-state index is 12.6. The number of carbonyl (C=O) groups is 3. The highest BCUT2D eigenvalue weighted by Crippen LogP contribution is 2.31. The first-order chi connectivity index (χ1) is 13.1. The number of hydrogen-bond donors (Lipinski definition) is 1. The molecule has 1 aromatic carbocycles. The standard InChI is InChI=1S/C20H25BrN2O4/c21-16-9-5-6-10-17(16)23-12-11-15(19(23)25)20(26)27-13-18(24)22-14-7-3-1-2-4-8-14/h5-6,9-10,14-15H,1-4,7-8,11-13H2,(H,22,24). The molecular weight excluding hydrogens is 412 g/mol. The van der Waals surface area contributed by atoms with Gasteiger partial charge in [-0.05, 0) is 47.3 Å². The fraction of sp³-hybridized carbons (Fsp3) is 0.550. The lowest BCUT2D eigenvalue weighted by molar-refractivity contribution is -0.154. The van der Waals surface area contributed by atoms with Crippen molar-refractivity contribution in [3.8, 4) is 0 Å². The second-order valence-electron chi connectivity index (χ2n) is 7.15. The van der Waals surface area contributed by atoms with Crippen LogP contribution in [0.4, 0.5) is 5.69 Å². The summed E-state index contributed by atoms with van der Waals surface area (Å²) in [7, 11) is 0. The van der Waals surface area contributed by atoms with Crippen LogP contribution in [0.25, 0.3) is 0 Å². The van der Waals surface area contributed by atoms with E-state index in [9.17, 15) is 14.4 Å². The summed E-state index contributed by atoms with van der Waals surface area (Å²) < 4.78 is 5.94. The number of anilines is 1. The van der Waals surface area contributed by atoms with Crippen molar-refractivity contribution in [3.63, 3.8) is 0 Å². The summed E-state index contributed by atoms with van der Waals surface area (Å²) in [4.78, 5) is 38.6. The van der Waals surface area contributed by atoms with E-state index in [1.807, 2.05) is 24.3 Å². The molecule has 0 radical (unpaired) electrons. The topological polar surface area (TPSA) is 75.7 Å². The maximum atomic E-state index is 12.6. The number of carbonyl (C=O) groups excluding carboxylic acids is 3. The normalized spacial score (nSPS) is 21.0. The fourth-order valence-corrected chi connectivity index (χ4v) is 4.24. The number of ether oxygens (including phenoxy) is 1. The summed E-state index contributed by atoms with van der Waals surface area (Å²) in [5.41, 5.74) is 0.740. The number of halogens is 1. The molecule has 2 fully saturated rings. The average Bonchev–Trinajstić information content (AvgIpc) is 2.86. The van der Waals surface area contributed by atoms with Gasteiger partial charge in [-0.15, -0.1) is 0 Å². The third-order valence-electron chi connectivity index (χ3n) is 5.20. The molecule has 0 bridgehead atoms. The Kier molecular flexibility index (Phi) is 6.88. The van der Waals surface area contributed by atoms with Gasteiger partial charge < -0.3 is 15.0 Å². The van der Waals surface area contributed by atoms with Gasteiger partial charge in [-0.2, -0.15) is 0 Å². The minimum absolute atomic E-state index is 0.165. The van der Waals surface area contributed by atoms with Gasteiger partial charge in [0.25, 0.3) is 5.91 Å². The van der Waals surface area contributed by atoms with Gasteiger partial charge >= 0.3 is 5.97 Å². The van der Waals surface area contributed by atoms with E-state index in [4.69, 9.17) is 4.74 Å². The van der Waals surface area contributed by atoms with Crippen LogP contribution in [0.2, 0.25) is 0 Å². The Morgan fingerprint density at radius 1 is 1.11 bits per heavy atom. The Morgan fingerprint density at radius 2 is 1.81 bits per heavy atom. The second kappa shape index (κ2) is 9.35. The van der Waals surface area contributed by atoms with Crippen LogP contribution in [-0.2, 0) is 19.1 Å². The zero-order chi connectivity index (χ0) is 19.2. The lowest BCUT2D eigenvalue weighted by atomic mass is 10.1. The van der Waals surface area contributed by atoms with Crippen molar-refractivity contribution >= 4 is 39.4 Å². The molecule has 146 valence electrons. The van der Waals surface area contributed by atoms with E-state index in [0.717, 1.165) is 35.8 Å². The Morgan fingerprint density at radius 3 is 2.52 bits per heavy atom. The molecule has 1 aliphatic heterocycles. The summed E-state index contributed by atoms with van der Waals surface area (Å²) >= 11 is 3.43. The Balaban J connectivity index is 1.49. The van der Waals surface area contributed by atoms with E-state index in [1.165, 1.54) is 12.8 Å². The zero-order valence-corrected chi connectivity index (χ0v) is 16.9. The highest BCUT2D eigenvalue weighted by molar-refractivity contribution is 9.10. The molecule has 1 N–H and O–H groups in total. The fourth-order valence-electron chi connectivity index (χ4n) is 3.74. The van der Waals surface area contributed by atoms with E-state index in [-0.39, 0.29) is 24.5 Å². The molecule has 2 amide bonds. The number of rotatable bonds is 5. The first kappa shape index (κ1) is 19.9. The lowest BCUT2D eigenvalue weighted by Crippen LogP contribution is -2.38. The molecule has 6 nitrogen and oxygen atoms in total. The van der Waals surface area contributed by atoms with Crippen molar-refractivity contribution in [1.82, 2.24) is 5.32 Å². The van der Waals surface area contributed by atoms with Crippen LogP contribution >= 0.6 is 15.9 Å². The van der Waals surface area contributed by atoms with E-state index in [0.29, 0.717) is 13.0 Å². The van der Waals surface area contributed by atoms with Crippen LogP contribution in [-0.4, -0.2) is 37.0 Å².